The van der Waals surface area contributed by atoms with Gasteiger partial charge in [0.05, 0.1) is 12.7 Å². The molecule has 0 amide bonds. The summed E-state index contributed by atoms with van der Waals surface area (Å²) in [6, 6.07) is 17.2. The van der Waals surface area contributed by atoms with Gasteiger partial charge in [0.2, 0.25) is 6.79 Å². The number of nitrogens with zero attached hydrogens (tertiary/aromatic N) is 3. The number of hydrogen-bond acceptors (Lipinski definition) is 9. The molecule has 2 aromatic heterocycles. The summed E-state index contributed by atoms with van der Waals surface area (Å²) in [5.41, 5.74) is 2.52. The molecule has 5 rings (SSSR count). The summed E-state index contributed by atoms with van der Waals surface area (Å²) in [4.78, 5) is 4.43. The second-order valence-electron chi connectivity index (χ2n) is 6.71. The van der Waals surface area contributed by atoms with E-state index >= 15 is 0 Å². The van der Waals surface area contributed by atoms with Crippen molar-refractivity contribution in [2.45, 2.75) is 6.54 Å². The lowest BCUT2D eigenvalue weighted by Gasteiger charge is -2.09. The Morgan fingerprint density at radius 2 is 1.94 bits per heavy atom. The minimum atomic E-state index is 0.250. The van der Waals surface area contributed by atoms with Crippen molar-refractivity contribution in [3.63, 3.8) is 0 Å². The molecule has 2 aromatic carbocycles. The van der Waals surface area contributed by atoms with Gasteiger partial charge >= 0.3 is 6.01 Å². The summed E-state index contributed by atoms with van der Waals surface area (Å²) in [6.07, 6.45) is 1.71. The molecular weight excluding hydrogens is 398 g/mol. The molecule has 1 aliphatic heterocycles. The molecular formula is C22H19N5O4. The number of fused-ring (bicyclic) bond motifs is 1. The van der Waals surface area contributed by atoms with Crippen molar-refractivity contribution in [2.75, 3.05) is 24.5 Å². The fourth-order valence-electron chi connectivity index (χ4n) is 3.16. The molecule has 4 aromatic rings. The van der Waals surface area contributed by atoms with Crippen LogP contribution in [0.25, 0.3) is 11.5 Å². The Morgan fingerprint density at radius 1 is 1.00 bits per heavy atom. The molecule has 9 heteroatoms. The average molecular weight is 417 g/mol. The Morgan fingerprint density at radius 3 is 2.87 bits per heavy atom. The van der Waals surface area contributed by atoms with Gasteiger partial charge in [0, 0.05) is 24.5 Å². The smallest absolute Gasteiger partial charge is 0.320 e. The summed E-state index contributed by atoms with van der Waals surface area (Å²) in [6.45, 7) is 0.795. The highest BCUT2D eigenvalue weighted by atomic mass is 16.7. The van der Waals surface area contributed by atoms with Crippen molar-refractivity contribution in [2.24, 2.45) is 0 Å². The summed E-state index contributed by atoms with van der Waals surface area (Å²) in [5.74, 6) is 3.21. The van der Waals surface area contributed by atoms with Gasteiger partial charge in [-0.15, -0.1) is 5.10 Å². The third-order valence-corrected chi connectivity index (χ3v) is 4.68. The average Bonchev–Trinajstić information content (AvgIpc) is 3.47. The molecule has 31 heavy (non-hydrogen) atoms. The highest BCUT2D eigenvalue weighted by molar-refractivity contribution is 5.69. The lowest BCUT2D eigenvalue weighted by molar-refractivity contribution is 0.174. The number of nitrogens with one attached hydrogen (secondary N) is 2. The summed E-state index contributed by atoms with van der Waals surface area (Å²) in [7, 11) is 1.62. The fourth-order valence-corrected chi connectivity index (χ4v) is 3.16. The molecule has 0 unspecified atom stereocenters. The van der Waals surface area contributed by atoms with Crippen LogP contribution in [0.2, 0.25) is 0 Å². The Balaban J connectivity index is 1.32. The Bertz CT molecular complexity index is 1210. The third-order valence-electron chi connectivity index (χ3n) is 4.68. The number of benzene rings is 2. The van der Waals surface area contributed by atoms with E-state index in [2.05, 4.69) is 25.8 Å². The first kappa shape index (κ1) is 18.7. The molecule has 0 saturated carbocycles. The number of ether oxygens (including phenoxy) is 3. The number of methoxy groups -OCH3 is 1. The van der Waals surface area contributed by atoms with Gasteiger partial charge in [0.15, 0.2) is 11.5 Å². The lowest BCUT2D eigenvalue weighted by Crippen LogP contribution is -2.03. The quantitative estimate of drug-likeness (QED) is 0.457. The topological polar surface area (TPSA) is 104 Å². The molecule has 0 atom stereocenters. The van der Waals surface area contributed by atoms with E-state index < -0.39 is 0 Å². The second kappa shape index (κ2) is 8.23. The summed E-state index contributed by atoms with van der Waals surface area (Å²) < 4.78 is 21.8. The minimum Gasteiger partial charge on any atom is -0.497 e. The first-order valence-electron chi connectivity index (χ1n) is 9.61. The van der Waals surface area contributed by atoms with Gasteiger partial charge in [0.25, 0.3) is 5.89 Å². The molecule has 9 nitrogen and oxygen atoms in total. The lowest BCUT2D eigenvalue weighted by atomic mass is 10.2. The van der Waals surface area contributed by atoms with E-state index in [1.807, 2.05) is 54.6 Å². The molecule has 0 aliphatic carbocycles. The fraction of sp³-hybridized carbons (Fsp3) is 0.136. The molecule has 0 fully saturated rings. The first-order valence-corrected chi connectivity index (χ1v) is 9.61. The summed E-state index contributed by atoms with van der Waals surface area (Å²) in [5, 5.41) is 14.7. The van der Waals surface area contributed by atoms with Crippen LogP contribution >= 0.6 is 0 Å². The van der Waals surface area contributed by atoms with Gasteiger partial charge in [-0.25, -0.2) is 4.98 Å². The first-order chi connectivity index (χ1) is 15.3. The Labute approximate surface area is 178 Å². The number of pyridine rings is 1. The Kier molecular flexibility index (Phi) is 4.97. The van der Waals surface area contributed by atoms with Crippen molar-refractivity contribution in [1.82, 2.24) is 15.2 Å². The van der Waals surface area contributed by atoms with Crippen molar-refractivity contribution in [1.29, 1.82) is 0 Å². The maximum absolute atomic E-state index is 5.81. The van der Waals surface area contributed by atoms with E-state index in [-0.39, 0.29) is 12.8 Å². The van der Waals surface area contributed by atoms with Crippen molar-refractivity contribution in [3.8, 4) is 28.7 Å². The van der Waals surface area contributed by atoms with Crippen LogP contribution < -0.4 is 24.8 Å². The van der Waals surface area contributed by atoms with Gasteiger partial charge in [-0.05, 0) is 42.0 Å². The molecule has 156 valence electrons. The van der Waals surface area contributed by atoms with E-state index in [0.29, 0.717) is 23.8 Å². The zero-order chi connectivity index (χ0) is 21.0. The van der Waals surface area contributed by atoms with Gasteiger partial charge in [-0.2, -0.15) is 0 Å². The van der Waals surface area contributed by atoms with Gasteiger partial charge < -0.3 is 29.3 Å². The van der Waals surface area contributed by atoms with Crippen LogP contribution in [0, 0.1) is 0 Å². The van der Waals surface area contributed by atoms with Crippen LogP contribution in [-0.4, -0.2) is 29.1 Å². The normalized spacial score (nSPS) is 11.9. The summed E-state index contributed by atoms with van der Waals surface area (Å²) >= 11 is 0. The predicted octanol–water partition coefficient (Wildman–Crippen LogP) is 4.22. The van der Waals surface area contributed by atoms with Gasteiger partial charge in [-0.3, -0.25) is 0 Å². The maximum atomic E-state index is 5.81. The molecule has 0 saturated heterocycles. The van der Waals surface area contributed by atoms with E-state index in [1.165, 1.54) is 0 Å². The van der Waals surface area contributed by atoms with Crippen molar-refractivity contribution in [3.05, 3.63) is 66.4 Å². The highest BCUT2D eigenvalue weighted by Crippen LogP contribution is 2.33. The van der Waals surface area contributed by atoms with Crippen LogP contribution in [0.15, 0.2) is 65.2 Å². The van der Waals surface area contributed by atoms with Gasteiger partial charge in [0.1, 0.15) is 11.6 Å². The monoisotopic (exact) mass is 417 g/mol. The van der Waals surface area contributed by atoms with Crippen LogP contribution in [0.3, 0.4) is 0 Å². The van der Waals surface area contributed by atoms with Crippen LogP contribution in [0.5, 0.6) is 17.2 Å². The molecule has 2 N–H and O–H groups in total. The van der Waals surface area contributed by atoms with E-state index in [0.717, 1.165) is 28.5 Å². The standard InChI is InChI=1S/C22H19N5O4/c1-28-16-5-2-4-15(11-16)25-22-27-26-21(31-22)17-6-3-9-23-20(17)24-12-14-7-8-18-19(10-14)30-13-29-18/h2-11H,12-13H2,1H3,(H,23,24)(H,25,27). The largest absolute Gasteiger partial charge is 0.497 e. The Hall–Kier alpha value is -4.27. The van der Waals surface area contributed by atoms with Gasteiger partial charge in [-0.1, -0.05) is 17.2 Å². The third kappa shape index (κ3) is 4.06. The zero-order valence-electron chi connectivity index (χ0n) is 16.7. The van der Waals surface area contributed by atoms with Crippen LogP contribution in [0.1, 0.15) is 5.56 Å². The number of aromatic nitrogens is 3. The van der Waals surface area contributed by atoms with Crippen LogP contribution in [-0.2, 0) is 6.54 Å². The van der Waals surface area contributed by atoms with E-state index in [1.54, 1.807) is 13.3 Å². The maximum Gasteiger partial charge on any atom is 0.320 e. The number of hydrogen-bond donors (Lipinski definition) is 2. The molecule has 0 bridgehead atoms. The number of rotatable bonds is 7. The molecule has 3 heterocycles. The highest BCUT2D eigenvalue weighted by Gasteiger charge is 2.16. The molecule has 0 radical (unpaired) electrons. The minimum absolute atomic E-state index is 0.250. The molecule has 0 spiro atoms. The second-order valence-corrected chi connectivity index (χ2v) is 6.71. The van der Waals surface area contributed by atoms with E-state index in [4.69, 9.17) is 18.6 Å². The van der Waals surface area contributed by atoms with E-state index in [9.17, 15) is 0 Å². The predicted molar refractivity (Wildman–Crippen MR) is 114 cm³/mol. The van der Waals surface area contributed by atoms with Crippen molar-refractivity contribution >= 4 is 17.5 Å². The van der Waals surface area contributed by atoms with Crippen molar-refractivity contribution < 1.29 is 18.6 Å². The number of anilines is 3. The SMILES string of the molecule is COc1cccc(Nc2nnc(-c3cccnc3NCc3ccc4c(c3)OCO4)o2)c1. The zero-order valence-corrected chi connectivity index (χ0v) is 16.7. The molecule has 1 aliphatic rings. The van der Waals surface area contributed by atoms with Crippen LogP contribution in [0.4, 0.5) is 17.5 Å².